The molecule has 0 aromatic heterocycles. The van der Waals surface area contributed by atoms with E-state index in [-0.39, 0.29) is 23.7 Å². The quantitative estimate of drug-likeness (QED) is 0.237. The number of hydrogen-bond donors (Lipinski definition) is 1. The van der Waals surface area contributed by atoms with Gasteiger partial charge >= 0.3 is 18.7 Å². The van der Waals surface area contributed by atoms with Gasteiger partial charge in [-0.25, -0.2) is 0 Å². The van der Waals surface area contributed by atoms with Crippen LogP contribution < -0.4 is 9.47 Å². The maximum Gasteiger partial charge on any atom is 0.573 e. The standard InChI is InChI=1S/C17H16ClF3N2O3.C17H17F3N2O4/c18-13(24)10-23-15(25)14(22-16(23)8-2-1-3-9-16)11-4-6-12(7-5-11)26-17(19,20)21;18-17(19,20)26-12-6-4-11(5-7-12)14-15(25)22(10-13(23)24)16(21-14)8-2-1-3-9-16/h4-7H,1-3,8-10H2;4-7H,1-3,8-10H2,(H,23,24). The topological polar surface area (TPSA) is 138 Å². The molecule has 2 amide bonds. The van der Waals surface area contributed by atoms with Gasteiger partial charge in [-0.3, -0.25) is 29.2 Å². The van der Waals surface area contributed by atoms with Gasteiger partial charge in [0.2, 0.25) is 5.24 Å². The zero-order valence-electron chi connectivity index (χ0n) is 27.4. The molecule has 280 valence electrons. The molecule has 4 aliphatic rings. The molecule has 1 N–H and O–H groups in total. The van der Waals surface area contributed by atoms with Gasteiger partial charge in [-0.2, -0.15) is 0 Å². The second kappa shape index (κ2) is 15.1. The highest BCUT2D eigenvalue weighted by Gasteiger charge is 2.49. The van der Waals surface area contributed by atoms with Gasteiger partial charge in [0.15, 0.2) is 0 Å². The Bertz CT molecular complexity index is 1610. The lowest BCUT2D eigenvalue weighted by Gasteiger charge is -2.38. The SMILES string of the molecule is O=C(Cl)CN1C(=O)C(c2ccc(OC(F)(F)F)cc2)=NC12CCCCC2.O=C(O)CN1C(=O)C(c2ccc(OC(F)(F)F)cc2)=NC12CCCCC2. The van der Waals surface area contributed by atoms with Crippen LogP contribution in [0.15, 0.2) is 58.5 Å². The molecule has 52 heavy (non-hydrogen) atoms. The van der Waals surface area contributed by atoms with Gasteiger partial charge in [-0.15, -0.1) is 26.3 Å². The van der Waals surface area contributed by atoms with Crippen molar-refractivity contribution in [3.05, 3.63) is 59.7 Å². The van der Waals surface area contributed by atoms with Crippen molar-refractivity contribution >= 4 is 46.1 Å². The Morgan fingerprint density at radius 1 is 0.654 bits per heavy atom. The minimum absolute atomic E-state index is 0.0757. The fraction of sp³-hybridized carbons (Fsp3) is 0.471. The first-order chi connectivity index (χ1) is 24.4. The summed E-state index contributed by atoms with van der Waals surface area (Å²) in [6, 6.07) is 9.79. The van der Waals surface area contributed by atoms with Crippen molar-refractivity contribution in [3.8, 4) is 11.5 Å². The first-order valence-electron chi connectivity index (χ1n) is 16.4. The van der Waals surface area contributed by atoms with E-state index in [2.05, 4.69) is 19.5 Å². The molecule has 0 atom stereocenters. The normalized spacial score (nSPS) is 19.6. The maximum absolute atomic E-state index is 12.8. The minimum atomic E-state index is -4.80. The Labute approximate surface area is 298 Å². The molecule has 2 aliphatic heterocycles. The molecule has 0 saturated heterocycles. The number of nitrogens with zero attached hydrogens (tertiary/aromatic N) is 4. The monoisotopic (exact) mass is 758 g/mol. The van der Waals surface area contributed by atoms with E-state index in [1.807, 2.05) is 0 Å². The largest absolute Gasteiger partial charge is 0.573 e. The number of carbonyl (C=O) groups is 4. The van der Waals surface area contributed by atoms with Crippen molar-refractivity contribution in [3.63, 3.8) is 0 Å². The summed E-state index contributed by atoms with van der Waals surface area (Å²) < 4.78 is 81.2. The fourth-order valence-electron chi connectivity index (χ4n) is 6.97. The Morgan fingerprint density at radius 2 is 1.00 bits per heavy atom. The minimum Gasteiger partial charge on any atom is -0.480 e. The van der Waals surface area contributed by atoms with Crippen LogP contribution in [0.1, 0.15) is 75.3 Å². The highest BCUT2D eigenvalue weighted by atomic mass is 35.5. The van der Waals surface area contributed by atoms with Crippen molar-refractivity contribution in [2.45, 2.75) is 88.3 Å². The van der Waals surface area contributed by atoms with E-state index >= 15 is 0 Å². The molecule has 2 spiro atoms. The molecule has 0 bridgehead atoms. The summed E-state index contributed by atoms with van der Waals surface area (Å²) in [6.07, 6.45) is -1.77. The second-order valence-corrected chi connectivity index (χ2v) is 13.1. The summed E-state index contributed by atoms with van der Waals surface area (Å²) >= 11 is 5.49. The Kier molecular flexibility index (Phi) is 11.2. The predicted molar refractivity (Wildman–Crippen MR) is 173 cm³/mol. The molecule has 18 heteroatoms. The van der Waals surface area contributed by atoms with Crippen molar-refractivity contribution in [1.29, 1.82) is 0 Å². The lowest BCUT2D eigenvalue weighted by Crippen LogP contribution is -2.50. The van der Waals surface area contributed by atoms with E-state index < -0.39 is 59.4 Å². The van der Waals surface area contributed by atoms with Crippen LogP contribution >= 0.6 is 11.6 Å². The van der Waals surface area contributed by atoms with E-state index in [1.54, 1.807) is 0 Å². The number of carboxylic acid groups (broad SMARTS) is 1. The number of ether oxygens (including phenoxy) is 2. The van der Waals surface area contributed by atoms with E-state index in [0.29, 0.717) is 36.8 Å². The third-order valence-electron chi connectivity index (χ3n) is 9.15. The van der Waals surface area contributed by atoms with Crippen molar-refractivity contribution in [2.75, 3.05) is 13.1 Å². The van der Waals surface area contributed by atoms with Crippen LogP contribution in [0.4, 0.5) is 26.3 Å². The molecular formula is C34H33ClF6N4O7. The number of aliphatic imine (C=N–C) groups is 2. The van der Waals surface area contributed by atoms with Crippen LogP contribution in [0, 0.1) is 0 Å². The van der Waals surface area contributed by atoms with Crippen LogP contribution in [0.25, 0.3) is 0 Å². The van der Waals surface area contributed by atoms with Crippen molar-refractivity contribution in [1.82, 2.24) is 9.80 Å². The van der Waals surface area contributed by atoms with Gasteiger partial charge in [0.25, 0.3) is 11.8 Å². The summed E-state index contributed by atoms with van der Waals surface area (Å²) in [6.45, 7) is -0.705. The molecule has 2 aromatic rings. The fourth-order valence-corrected chi connectivity index (χ4v) is 7.09. The average molecular weight is 759 g/mol. The number of amides is 2. The summed E-state index contributed by atoms with van der Waals surface area (Å²) in [5.74, 6) is -2.87. The summed E-state index contributed by atoms with van der Waals surface area (Å²) in [7, 11) is 0. The molecule has 2 fully saturated rings. The summed E-state index contributed by atoms with van der Waals surface area (Å²) in [5, 5.41) is 8.48. The summed E-state index contributed by atoms with van der Waals surface area (Å²) in [4.78, 5) is 59.9. The van der Waals surface area contributed by atoms with Crippen molar-refractivity contribution in [2.24, 2.45) is 9.98 Å². The number of rotatable bonds is 8. The molecule has 2 heterocycles. The number of alkyl halides is 6. The third-order valence-corrected chi connectivity index (χ3v) is 9.27. The number of benzene rings is 2. The first kappa shape index (κ1) is 38.6. The van der Waals surface area contributed by atoms with E-state index in [4.69, 9.17) is 16.7 Å². The van der Waals surface area contributed by atoms with Crippen LogP contribution in [0.2, 0.25) is 0 Å². The Balaban J connectivity index is 0.000000201. The number of halogens is 7. The molecule has 0 unspecified atom stereocenters. The number of hydrogen-bond acceptors (Lipinski definition) is 8. The zero-order valence-corrected chi connectivity index (χ0v) is 28.2. The van der Waals surface area contributed by atoms with Gasteiger partial charge < -0.3 is 24.4 Å². The highest BCUT2D eigenvalue weighted by molar-refractivity contribution is 6.64. The lowest BCUT2D eigenvalue weighted by molar-refractivity contribution is -0.275. The molecule has 2 aliphatic carbocycles. The zero-order chi connectivity index (χ0) is 37.9. The van der Waals surface area contributed by atoms with Gasteiger partial charge in [0.1, 0.15) is 40.8 Å². The molecule has 2 aromatic carbocycles. The summed E-state index contributed by atoms with van der Waals surface area (Å²) in [5.41, 5.74) is -0.753. The molecule has 2 saturated carbocycles. The predicted octanol–water partition coefficient (Wildman–Crippen LogP) is 6.60. The number of aliphatic carboxylic acids is 1. The van der Waals surface area contributed by atoms with Gasteiger partial charge in [0.05, 0.1) is 6.54 Å². The van der Waals surface area contributed by atoms with Crippen LogP contribution in [0.5, 0.6) is 11.5 Å². The van der Waals surface area contributed by atoms with Gasteiger partial charge in [-0.1, -0.05) is 12.8 Å². The molecule has 0 radical (unpaired) electrons. The van der Waals surface area contributed by atoms with E-state index in [9.17, 15) is 45.5 Å². The highest BCUT2D eigenvalue weighted by Crippen LogP contribution is 2.41. The smallest absolute Gasteiger partial charge is 0.480 e. The maximum atomic E-state index is 12.8. The van der Waals surface area contributed by atoms with Crippen LogP contribution in [-0.4, -0.2) is 86.5 Å². The lowest BCUT2D eigenvalue weighted by atomic mass is 9.88. The number of carbonyl (C=O) groups excluding carboxylic acids is 3. The van der Waals surface area contributed by atoms with Crippen molar-refractivity contribution < 1.29 is 60.1 Å². The van der Waals surface area contributed by atoms with Gasteiger partial charge in [0, 0.05) is 11.1 Å². The first-order valence-corrected chi connectivity index (χ1v) is 16.7. The van der Waals surface area contributed by atoms with E-state index in [0.717, 1.165) is 62.8 Å². The average Bonchev–Trinajstić information content (AvgIpc) is 3.46. The number of carboxylic acids is 1. The van der Waals surface area contributed by atoms with Gasteiger partial charge in [-0.05, 0) is 111 Å². The Hall–Kier alpha value is -4.67. The second-order valence-electron chi connectivity index (χ2n) is 12.7. The molecule has 6 rings (SSSR count). The third kappa shape index (κ3) is 9.03. The molecule has 11 nitrogen and oxygen atoms in total. The van der Waals surface area contributed by atoms with E-state index in [1.165, 1.54) is 34.1 Å². The Morgan fingerprint density at radius 3 is 1.31 bits per heavy atom. The van der Waals surface area contributed by atoms with Crippen LogP contribution in [-0.2, 0) is 19.2 Å². The van der Waals surface area contributed by atoms with Crippen LogP contribution in [0.3, 0.4) is 0 Å². The molecular weight excluding hydrogens is 726 g/mol.